The molecule has 3 heteroatoms. The maximum atomic E-state index is 5.93. The van der Waals surface area contributed by atoms with Crippen LogP contribution in [0.15, 0.2) is 46.9 Å². The molecule has 3 rings (SSSR count). The lowest BCUT2D eigenvalue weighted by Crippen LogP contribution is -3.00. The highest BCUT2D eigenvalue weighted by molar-refractivity contribution is 5.83. The van der Waals surface area contributed by atoms with E-state index in [0.29, 0.717) is 0 Å². The van der Waals surface area contributed by atoms with Crippen molar-refractivity contribution in [3.8, 4) is 11.3 Å². The zero-order valence-electron chi connectivity index (χ0n) is 10.3. The smallest absolute Gasteiger partial charge is 0.201 e. The van der Waals surface area contributed by atoms with E-state index in [2.05, 4.69) is 48.3 Å². The van der Waals surface area contributed by atoms with E-state index in [4.69, 9.17) is 4.42 Å². The average Bonchev–Trinajstić information content (AvgIpc) is 2.35. The molecule has 0 atom stereocenters. The Bertz CT molecular complexity index is 730. The lowest BCUT2D eigenvalue weighted by atomic mass is 10.1. The zero-order valence-corrected chi connectivity index (χ0v) is 11.1. The van der Waals surface area contributed by atoms with E-state index < -0.39 is 0 Å². The van der Waals surface area contributed by atoms with Gasteiger partial charge in [-0.1, -0.05) is 12.1 Å². The maximum Gasteiger partial charge on any atom is 0.201 e. The molecular formula is C15H14ClNO. The van der Waals surface area contributed by atoms with E-state index >= 15 is 0 Å². The van der Waals surface area contributed by atoms with Gasteiger partial charge in [-0.25, -0.2) is 4.99 Å². The van der Waals surface area contributed by atoms with Gasteiger partial charge in [0.25, 0.3) is 0 Å². The van der Waals surface area contributed by atoms with Gasteiger partial charge in [-0.2, -0.15) is 0 Å². The molecule has 0 saturated carbocycles. The Morgan fingerprint density at radius 1 is 1.00 bits per heavy atom. The molecule has 0 unspecified atom stereocenters. The Hall–Kier alpha value is -1.80. The number of fused-ring (bicyclic) bond motifs is 2. The fraction of sp³-hybridized carbons (Fsp3) is 0.133. The summed E-state index contributed by atoms with van der Waals surface area (Å²) in [5.74, 6) is 0.912. The van der Waals surface area contributed by atoms with Crippen molar-refractivity contribution in [2.24, 2.45) is 0 Å². The van der Waals surface area contributed by atoms with Crippen LogP contribution in [0.3, 0.4) is 0 Å². The molecule has 0 bridgehead atoms. The van der Waals surface area contributed by atoms with Gasteiger partial charge in [-0.15, -0.1) is 0 Å². The number of nitrogens with one attached hydrogen (secondary N) is 1. The maximum absolute atomic E-state index is 5.93. The number of halogens is 1. The molecule has 0 spiro atoms. The molecule has 0 amide bonds. The summed E-state index contributed by atoms with van der Waals surface area (Å²) >= 11 is 0. The van der Waals surface area contributed by atoms with Crippen LogP contribution >= 0.6 is 0 Å². The van der Waals surface area contributed by atoms with Crippen molar-refractivity contribution in [2.45, 2.75) is 6.92 Å². The molecule has 1 aliphatic carbocycles. The summed E-state index contributed by atoms with van der Waals surface area (Å²) < 4.78 is 5.93. The Morgan fingerprint density at radius 2 is 1.83 bits per heavy atom. The van der Waals surface area contributed by atoms with Crippen molar-refractivity contribution >= 4 is 11.0 Å². The normalized spacial score (nSPS) is 11.8. The van der Waals surface area contributed by atoms with Crippen molar-refractivity contribution < 1.29 is 21.8 Å². The molecule has 1 aliphatic heterocycles. The average molecular weight is 260 g/mol. The highest BCUT2D eigenvalue weighted by atomic mass is 35.5. The van der Waals surface area contributed by atoms with Gasteiger partial charge in [0.05, 0.1) is 6.07 Å². The second-order valence-electron chi connectivity index (χ2n) is 4.29. The minimum absolute atomic E-state index is 0. The quantitative estimate of drug-likeness (QED) is 0.487. The number of hydrogen-bond acceptors (Lipinski definition) is 1. The molecular weight excluding hydrogens is 246 g/mol. The van der Waals surface area contributed by atoms with Crippen molar-refractivity contribution in [2.75, 3.05) is 7.05 Å². The van der Waals surface area contributed by atoms with Gasteiger partial charge in [0, 0.05) is 17.0 Å². The predicted molar refractivity (Wildman–Crippen MR) is 67.6 cm³/mol. The van der Waals surface area contributed by atoms with E-state index in [-0.39, 0.29) is 12.4 Å². The second-order valence-corrected chi connectivity index (χ2v) is 4.29. The molecule has 1 aromatic rings. The lowest BCUT2D eigenvalue weighted by Gasteiger charge is -2.06. The van der Waals surface area contributed by atoms with Crippen LogP contribution in [0.25, 0.3) is 22.3 Å². The van der Waals surface area contributed by atoms with Crippen LogP contribution in [0.5, 0.6) is 0 Å². The van der Waals surface area contributed by atoms with Gasteiger partial charge in [-0.05, 0) is 30.7 Å². The summed E-state index contributed by atoms with van der Waals surface area (Å²) in [5.41, 5.74) is 3.27. The van der Waals surface area contributed by atoms with Crippen LogP contribution in [0.1, 0.15) is 5.56 Å². The minimum atomic E-state index is 0. The lowest BCUT2D eigenvalue weighted by molar-refractivity contribution is -0.465. The van der Waals surface area contributed by atoms with Crippen LogP contribution in [0.4, 0.5) is 0 Å². The van der Waals surface area contributed by atoms with Crippen molar-refractivity contribution in [3.05, 3.63) is 53.4 Å². The number of benzene rings is 2. The van der Waals surface area contributed by atoms with E-state index in [9.17, 15) is 0 Å². The fourth-order valence-corrected chi connectivity index (χ4v) is 2.03. The van der Waals surface area contributed by atoms with E-state index in [1.807, 2.05) is 13.1 Å². The van der Waals surface area contributed by atoms with Crippen LogP contribution in [0, 0.1) is 6.92 Å². The standard InChI is InChI=1S/C15H13NO.ClH/c1-10-3-4-11-8-12-5-6-13(16-2)9-15(12)17-14(11)7-10;/h3-9H,1-2H3;1H. The number of hydrogen-bond donors (Lipinski definition) is 1. The predicted octanol–water partition coefficient (Wildman–Crippen LogP) is -1.54. The molecule has 0 fully saturated rings. The SMILES string of the molecule is C[NH+]=c1ccc2cc3ccc(C)cc3oc-2c1.[Cl-]. The Morgan fingerprint density at radius 3 is 2.61 bits per heavy atom. The van der Waals surface area contributed by atoms with Gasteiger partial charge < -0.3 is 16.8 Å². The number of aryl methyl sites for hydroxylation is 1. The van der Waals surface area contributed by atoms with E-state index in [1.165, 1.54) is 5.56 Å². The second kappa shape index (κ2) is 4.83. The van der Waals surface area contributed by atoms with Crippen LogP contribution < -0.4 is 22.8 Å². The third-order valence-corrected chi connectivity index (χ3v) is 3.00. The van der Waals surface area contributed by atoms with Crippen LogP contribution in [-0.4, -0.2) is 7.05 Å². The Labute approximate surface area is 112 Å². The summed E-state index contributed by atoms with van der Waals surface area (Å²) in [5, 5.41) is 2.20. The summed E-state index contributed by atoms with van der Waals surface area (Å²) in [6.07, 6.45) is 0. The van der Waals surface area contributed by atoms with E-state index in [0.717, 1.165) is 27.7 Å². The third kappa shape index (κ3) is 2.12. The Balaban J connectivity index is 0.00000120. The summed E-state index contributed by atoms with van der Waals surface area (Å²) in [6, 6.07) is 14.6. The van der Waals surface area contributed by atoms with Gasteiger partial charge in [0.15, 0.2) is 0 Å². The molecule has 18 heavy (non-hydrogen) atoms. The van der Waals surface area contributed by atoms with Crippen molar-refractivity contribution in [1.29, 1.82) is 0 Å². The summed E-state index contributed by atoms with van der Waals surface area (Å²) in [7, 11) is 1.91. The molecule has 0 aromatic heterocycles. The zero-order chi connectivity index (χ0) is 11.8. The molecule has 0 saturated heterocycles. The van der Waals surface area contributed by atoms with E-state index in [1.54, 1.807) is 0 Å². The Kier molecular flexibility index (Phi) is 3.39. The van der Waals surface area contributed by atoms with Gasteiger partial charge >= 0.3 is 0 Å². The largest absolute Gasteiger partial charge is 1.00 e. The molecule has 1 aromatic carbocycles. The summed E-state index contributed by atoms with van der Waals surface area (Å²) in [4.78, 5) is 3.12. The molecule has 2 aliphatic rings. The first-order valence-corrected chi connectivity index (χ1v) is 5.71. The third-order valence-electron chi connectivity index (χ3n) is 3.00. The first-order chi connectivity index (χ1) is 8.26. The molecule has 0 radical (unpaired) electrons. The monoisotopic (exact) mass is 259 g/mol. The minimum Gasteiger partial charge on any atom is -1.00 e. The first kappa shape index (κ1) is 12.7. The first-order valence-electron chi connectivity index (χ1n) is 5.71. The van der Waals surface area contributed by atoms with Crippen LogP contribution in [0.2, 0.25) is 0 Å². The van der Waals surface area contributed by atoms with Crippen LogP contribution in [-0.2, 0) is 0 Å². The highest BCUT2D eigenvalue weighted by Crippen LogP contribution is 2.27. The number of rotatable bonds is 0. The molecule has 92 valence electrons. The van der Waals surface area contributed by atoms with Crippen molar-refractivity contribution in [1.82, 2.24) is 0 Å². The van der Waals surface area contributed by atoms with Gasteiger partial charge in [-0.3, -0.25) is 0 Å². The van der Waals surface area contributed by atoms with Gasteiger partial charge in [0.1, 0.15) is 18.4 Å². The van der Waals surface area contributed by atoms with Crippen molar-refractivity contribution in [3.63, 3.8) is 0 Å². The summed E-state index contributed by atoms with van der Waals surface area (Å²) in [6.45, 7) is 2.07. The topological polar surface area (TPSA) is 27.1 Å². The molecule has 1 N–H and O–H groups in total. The molecule has 1 heterocycles. The fourth-order valence-electron chi connectivity index (χ4n) is 2.03. The van der Waals surface area contributed by atoms with Gasteiger partial charge in [0.2, 0.25) is 5.36 Å². The molecule has 2 nitrogen and oxygen atoms in total. The highest BCUT2D eigenvalue weighted by Gasteiger charge is 2.07.